The highest BCUT2D eigenvalue weighted by Crippen LogP contribution is 2.35. The van der Waals surface area contributed by atoms with E-state index in [1.165, 1.54) is 12.8 Å². The molecule has 1 heterocycles. The van der Waals surface area contributed by atoms with Crippen molar-refractivity contribution in [3.63, 3.8) is 0 Å². The van der Waals surface area contributed by atoms with Crippen LogP contribution in [0.2, 0.25) is 0 Å². The Bertz CT molecular complexity index is 565. The van der Waals surface area contributed by atoms with Crippen molar-refractivity contribution < 1.29 is 4.79 Å². The van der Waals surface area contributed by atoms with Gasteiger partial charge in [-0.2, -0.15) is 4.99 Å². The molecule has 1 fully saturated rings. The lowest BCUT2D eigenvalue weighted by Crippen LogP contribution is -2.54. The summed E-state index contributed by atoms with van der Waals surface area (Å²) in [5.41, 5.74) is 6.71. The van der Waals surface area contributed by atoms with Crippen LogP contribution in [-0.2, 0) is 6.42 Å². The minimum absolute atomic E-state index is 0.186. The molecule has 1 unspecified atom stereocenters. The molecule has 5 heteroatoms. The maximum absolute atomic E-state index is 12.1. The van der Waals surface area contributed by atoms with Gasteiger partial charge in [-0.15, -0.1) is 0 Å². The molecule has 1 aromatic carbocycles. The third kappa shape index (κ3) is 2.46. The van der Waals surface area contributed by atoms with Crippen molar-refractivity contribution >= 4 is 27.8 Å². The van der Waals surface area contributed by atoms with E-state index in [4.69, 9.17) is 5.73 Å². The summed E-state index contributed by atoms with van der Waals surface area (Å²) in [6.07, 6.45) is 3.12. The van der Waals surface area contributed by atoms with Gasteiger partial charge in [0, 0.05) is 17.4 Å². The van der Waals surface area contributed by atoms with Crippen molar-refractivity contribution in [2.24, 2.45) is 16.6 Å². The maximum Gasteiger partial charge on any atom is 0.346 e. The van der Waals surface area contributed by atoms with Gasteiger partial charge in [0.15, 0.2) is 0 Å². The van der Waals surface area contributed by atoms with E-state index in [-0.39, 0.29) is 6.03 Å². The molecular weight excluding hydrogens is 318 g/mol. The molecule has 1 atom stereocenters. The van der Waals surface area contributed by atoms with E-state index in [1.807, 2.05) is 24.0 Å². The fourth-order valence-electron chi connectivity index (χ4n) is 2.66. The number of rotatable bonds is 4. The Morgan fingerprint density at radius 1 is 1.40 bits per heavy atom. The zero-order valence-corrected chi connectivity index (χ0v) is 13.1. The van der Waals surface area contributed by atoms with Crippen LogP contribution < -0.4 is 5.73 Å². The Morgan fingerprint density at radius 3 is 2.65 bits per heavy atom. The number of nitrogens with zero attached hydrogens (tertiary/aromatic N) is 2. The van der Waals surface area contributed by atoms with E-state index < -0.39 is 5.54 Å². The number of nitrogens with two attached hydrogens (primary N) is 1. The summed E-state index contributed by atoms with van der Waals surface area (Å²) in [5.74, 6) is 1.07. The Hall–Kier alpha value is -1.36. The van der Waals surface area contributed by atoms with E-state index in [9.17, 15) is 4.79 Å². The maximum atomic E-state index is 12.1. The van der Waals surface area contributed by atoms with Crippen LogP contribution in [-0.4, -0.2) is 28.9 Å². The molecule has 0 spiro atoms. The highest BCUT2D eigenvalue weighted by atomic mass is 79.9. The second kappa shape index (κ2) is 4.88. The van der Waals surface area contributed by atoms with E-state index >= 15 is 0 Å². The number of hydrogen-bond acceptors (Lipinski definition) is 2. The zero-order chi connectivity index (χ0) is 14.3. The molecular formula is C15H18BrN3O. The number of aliphatic imine (C=N–C) groups is 1. The summed E-state index contributed by atoms with van der Waals surface area (Å²) in [4.78, 5) is 17.9. The number of carbonyl (C=O) groups excluding carboxylic acids is 1. The molecule has 20 heavy (non-hydrogen) atoms. The average Bonchev–Trinajstić information content (AvgIpc) is 3.18. The number of amides is 2. The molecule has 0 radical (unpaired) electrons. The second-order valence-electron chi connectivity index (χ2n) is 5.91. The molecule has 2 aliphatic rings. The van der Waals surface area contributed by atoms with Crippen molar-refractivity contribution in [1.82, 2.24) is 4.90 Å². The van der Waals surface area contributed by atoms with Gasteiger partial charge in [0.1, 0.15) is 11.4 Å². The number of urea groups is 1. The van der Waals surface area contributed by atoms with Gasteiger partial charge in [-0.1, -0.05) is 28.1 Å². The monoisotopic (exact) mass is 335 g/mol. The van der Waals surface area contributed by atoms with Crippen molar-refractivity contribution in [2.75, 3.05) is 6.54 Å². The normalized spacial score (nSPS) is 26.0. The van der Waals surface area contributed by atoms with Crippen molar-refractivity contribution in [1.29, 1.82) is 0 Å². The summed E-state index contributed by atoms with van der Waals surface area (Å²) in [6.45, 7) is 2.79. The highest BCUT2D eigenvalue weighted by Gasteiger charge is 2.46. The third-order valence-electron chi connectivity index (χ3n) is 4.19. The summed E-state index contributed by atoms with van der Waals surface area (Å²) in [5, 5.41) is 0. The fraction of sp³-hybridized carbons (Fsp3) is 0.467. The predicted octanol–water partition coefficient (Wildman–Crippen LogP) is 2.95. The first kappa shape index (κ1) is 13.6. The van der Waals surface area contributed by atoms with Gasteiger partial charge in [-0.25, -0.2) is 4.79 Å². The van der Waals surface area contributed by atoms with Crippen LogP contribution in [0.3, 0.4) is 0 Å². The third-order valence-corrected chi connectivity index (χ3v) is 4.72. The molecule has 0 bridgehead atoms. The number of hydrogen-bond donors (Lipinski definition) is 1. The van der Waals surface area contributed by atoms with Gasteiger partial charge in [-0.05, 0) is 43.4 Å². The van der Waals surface area contributed by atoms with Gasteiger partial charge in [0.2, 0.25) is 0 Å². The van der Waals surface area contributed by atoms with Crippen LogP contribution in [0.15, 0.2) is 33.7 Å². The largest absolute Gasteiger partial charge is 0.385 e. The van der Waals surface area contributed by atoms with Crippen LogP contribution in [0.1, 0.15) is 25.3 Å². The van der Waals surface area contributed by atoms with E-state index in [0.717, 1.165) is 16.6 Å². The molecule has 1 aliphatic carbocycles. The molecule has 106 valence electrons. The lowest BCUT2D eigenvalue weighted by Gasteiger charge is -2.35. The standard InChI is InChI=1S/C15H18BrN3O/c1-15(8-10-4-6-12(16)7-5-10)13(17)18-14(20)19(15)9-11-2-3-11/h4-7,11H,2-3,8-9H2,1H3,(H2,17,18,20). The lowest BCUT2D eigenvalue weighted by atomic mass is 9.90. The number of amidine groups is 1. The summed E-state index contributed by atoms with van der Waals surface area (Å²) >= 11 is 3.43. The number of halogens is 1. The smallest absolute Gasteiger partial charge is 0.346 e. The zero-order valence-electron chi connectivity index (χ0n) is 11.5. The van der Waals surface area contributed by atoms with Crippen molar-refractivity contribution in [3.05, 3.63) is 34.3 Å². The minimum atomic E-state index is -0.493. The van der Waals surface area contributed by atoms with Crippen LogP contribution in [0.5, 0.6) is 0 Å². The minimum Gasteiger partial charge on any atom is -0.385 e. The first-order valence-corrected chi connectivity index (χ1v) is 7.69. The van der Waals surface area contributed by atoms with Gasteiger partial charge in [0.25, 0.3) is 0 Å². The van der Waals surface area contributed by atoms with Crippen molar-refractivity contribution in [2.45, 2.75) is 31.7 Å². The van der Waals surface area contributed by atoms with E-state index in [1.54, 1.807) is 0 Å². The summed E-state index contributed by atoms with van der Waals surface area (Å²) < 4.78 is 1.05. The first-order chi connectivity index (χ1) is 9.49. The molecule has 3 rings (SSSR count). The Balaban J connectivity index is 1.84. The molecule has 4 nitrogen and oxygen atoms in total. The predicted molar refractivity (Wildman–Crippen MR) is 82.7 cm³/mol. The molecule has 1 saturated carbocycles. The Kier molecular flexibility index (Phi) is 3.32. The molecule has 2 N–H and O–H groups in total. The van der Waals surface area contributed by atoms with Crippen LogP contribution >= 0.6 is 15.9 Å². The topological polar surface area (TPSA) is 58.7 Å². The SMILES string of the molecule is CC1(Cc2ccc(Br)cc2)C(N)=NC(=O)N1CC1CC1. The summed E-state index contributed by atoms with van der Waals surface area (Å²) in [7, 11) is 0. The Morgan fingerprint density at radius 2 is 2.05 bits per heavy atom. The molecule has 1 aromatic rings. The summed E-state index contributed by atoms with van der Waals surface area (Å²) in [6, 6.07) is 7.94. The molecule has 2 amide bonds. The molecule has 1 aliphatic heterocycles. The highest BCUT2D eigenvalue weighted by molar-refractivity contribution is 9.10. The van der Waals surface area contributed by atoms with Crippen molar-refractivity contribution in [3.8, 4) is 0 Å². The molecule has 0 saturated heterocycles. The average molecular weight is 336 g/mol. The second-order valence-corrected chi connectivity index (χ2v) is 6.83. The number of carbonyl (C=O) groups is 1. The van der Waals surface area contributed by atoms with Crippen LogP contribution in [0.4, 0.5) is 4.79 Å². The van der Waals surface area contributed by atoms with Crippen LogP contribution in [0.25, 0.3) is 0 Å². The fourth-order valence-corrected chi connectivity index (χ4v) is 2.92. The van der Waals surface area contributed by atoms with Gasteiger partial charge >= 0.3 is 6.03 Å². The van der Waals surface area contributed by atoms with Gasteiger partial charge in [0.05, 0.1) is 0 Å². The van der Waals surface area contributed by atoms with E-state index in [2.05, 4.69) is 33.1 Å². The quantitative estimate of drug-likeness (QED) is 0.919. The Labute approximate surface area is 127 Å². The van der Waals surface area contributed by atoms with Gasteiger partial charge < -0.3 is 10.6 Å². The molecule has 0 aromatic heterocycles. The number of benzene rings is 1. The lowest BCUT2D eigenvalue weighted by molar-refractivity contribution is 0.174. The first-order valence-electron chi connectivity index (χ1n) is 6.90. The van der Waals surface area contributed by atoms with E-state index in [0.29, 0.717) is 18.2 Å². The van der Waals surface area contributed by atoms with Crippen LogP contribution in [0, 0.1) is 5.92 Å². The van der Waals surface area contributed by atoms with Gasteiger partial charge in [-0.3, -0.25) is 0 Å².